The maximum Gasteiger partial charge on any atom is 0.255 e. The van der Waals surface area contributed by atoms with Gasteiger partial charge in [-0.15, -0.1) is 0 Å². The van der Waals surface area contributed by atoms with Gasteiger partial charge < -0.3 is 14.8 Å². The summed E-state index contributed by atoms with van der Waals surface area (Å²) in [4.78, 5) is 12.5. The van der Waals surface area contributed by atoms with Crippen molar-refractivity contribution < 1.29 is 22.7 Å². The van der Waals surface area contributed by atoms with Crippen molar-refractivity contribution >= 4 is 21.6 Å². The molecular weight excluding hydrogens is 368 g/mol. The van der Waals surface area contributed by atoms with E-state index >= 15 is 0 Å². The maximum atomic E-state index is 12.5. The van der Waals surface area contributed by atoms with Crippen molar-refractivity contribution in [1.82, 2.24) is 4.72 Å². The molecule has 3 rings (SSSR count). The van der Waals surface area contributed by atoms with Crippen LogP contribution >= 0.6 is 0 Å². The molecule has 140 valence electrons. The molecule has 2 aromatic carbocycles. The number of anilines is 1. The molecule has 0 saturated carbocycles. The van der Waals surface area contributed by atoms with Crippen molar-refractivity contribution in [3.05, 3.63) is 77.7 Å². The van der Waals surface area contributed by atoms with Crippen LogP contribution in [0.5, 0.6) is 5.75 Å². The standard InChI is InChI=1S/C19H18N2O5S/c1-13-7-8-17(27(24,25)20-12-16-6-3-9-26-16)11-18(13)19(23)21-14-4-2-5-15(22)10-14/h2-11,20,22H,12H2,1H3,(H,21,23). The van der Waals surface area contributed by atoms with Crippen LogP contribution in [-0.2, 0) is 16.6 Å². The predicted molar refractivity (Wildman–Crippen MR) is 100.0 cm³/mol. The summed E-state index contributed by atoms with van der Waals surface area (Å²) in [5.41, 5.74) is 1.25. The number of phenolic OH excluding ortho intramolecular Hbond substituents is 1. The normalized spacial score (nSPS) is 11.3. The van der Waals surface area contributed by atoms with E-state index in [1.807, 2.05) is 0 Å². The van der Waals surface area contributed by atoms with Crippen LogP contribution in [0.1, 0.15) is 21.7 Å². The summed E-state index contributed by atoms with van der Waals surface area (Å²) < 4.78 is 32.5. The lowest BCUT2D eigenvalue weighted by Gasteiger charge is -2.11. The molecule has 0 radical (unpaired) electrons. The van der Waals surface area contributed by atoms with Gasteiger partial charge in [0.05, 0.1) is 17.7 Å². The Morgan fingerprint density at radius 1 is 1.11 bits per heavy atom. The van der Waals surface area contributed by atoms with E-state index in [1.165, 1.54) is 30.5 Å². The Morgan fingerprint density at radius 2 is 1.93 bits per heavy atom. The van der Waals surface area contributed by atoms with Gasteiger partial charge in [0.1, 0.15) is 11.5 Å². The molecule has 0 unspecified atom stereocenters. The van der Waals surface area contributed by atoms with Crippen LogP contribution in [0.4, 0.5) is 5.69 Å². The second-order valence-electron chi connectivity index (χ2n) is 5.89. The molecule has 0 atom stereocenters. The van der Waals surface area contributed by atoms with Gasteiger partial charge in [-0.25, -0.2) is 13.1 Å². The SMILES string of the molecule is Cc1ccc(S(=O)(=O)NCc2ccco2)cc1C(=O)Nc1cccc(O)c1. The molecule has 0 bridgehead atoms. The quantitative estimate of drug-likeness (QED) is 0.603. The molecule has 0 aliphatic heterocycles. The first-order valence-corrected chi connectivity index (χ1v) is 9.56. The number of aromatic hydroxyl groups is 1. The molecule has 0 aliphatic rings. The molecule has 7 nitrogen and oxygen atoms in total. The number of amides is 1. The van der Waals surface area contributed by atoms with Crippen LogP contribution in [0, 0.1) is 6.92 Å². The highest BCUT2D eigenvalue weighted by atomic mass is 32.2. The zero-order chi connectivity index (χ0) is 19.4. The Kier molecular flexibility index (Phi) is 5.29. The molecular formula is C19H18N2O5S. The number of hydrogen-bond acceptors (Lipinski definition) is 5. The molecule has 1 aromatic heterocycles. The third-order valence-electron chi connectivity index (χ3n) is 3.88. The molecule has 8 heteroatoms. The summed E-state index contributed by atoms with van der Waals surface area (Å²) in [7, 11) is -3.82. The second-order valence-corrected chi connectivity index (χ2v) is 7.65. The number of rotatable bonds is 6. The summed E-state index contributed by atoms with van der Waals surface area (Å²) >= 11 is 0. The lowest BCUT2D eigenvalue weighted by molar-refractivity contribution is 0.102. The van der Waals surface area contributed by atoms with Gasteiger partial charge in [-0.3, -0.25) is 4.79 Å². The van der Waals surface area contributed by atoms with E-state index in [0.717, 1.165) is 0 Å². The first-order chi connectivity index (χ1) is 12.8. The van der Waals surface area contributed by atoms with Gasteiger partial charge in [0.15, 0.2) is 0 Å². The Labute approximate surface area is 156 Å². The van der Waals surface area contributed by atoms with Crippen molar-refractivity contribution in [2.75, 3.05) is 5.32 Å². The van der Waals surface area contributed by atoms with Crippen LogP contribution in [0.25, 0.3) is 0 Å². The minimum atomic E-state index is -3.82. The van der Waals surface area contributed by atoms with Gasteiger partial charge in [-0.2, -0.15) is 0 Å². The molecule has 1 amide bonds. The maximum absolute atomic E-state index is 12.5. The van der Waals surface area contributed by atoms with Crippen molar-refractivity contribution in [1.29, 1.82) is 0 Å². The first-order valence-electron chi connectivity index (χ1n) is 8.08. The number of hydrogen-bond donors (Lipinski definition) is 3. The summed E-state index contributed by atoms with van der Waals surface area (Å²) in [6, 6.07) is 13.8. The molecule has 0 spiro atoms. The van der Waals surface area contributed by atoms with E-state index in [0.29, 0.717) is 17.0 Å². The highest BCUT2D eigenvalue weighted by Gasteiger charge is 2.18. The molecule has 3 aromatic rings. The minimum Gasteiger partial charge on any atom is -0.508 e. The Balaban J connectivity index is 1.81. The molecule has 1 heterocycles. The fourth-order valence-electron chi connectivity index (χ4n) is 2.46. The molecule has 0 saturated heterocycles. The average Bonchev–Trinajstić information content (AvgIpc) is 3.14. The van der Waals surface area contributed by atoms with Gasteiger partial charge >= 0.3 is 0 Å². The Bertz CT molecular complexity index is 1060. The number of nitrogens with one attached hydrogen (secondary N) is 2. The first kappa shape index (κ1) is 18.7. The third-order valence-corrected chi connectivity index (χ3v) is 5.28. The fraction of sp³-hybridized carbons (Fsp3) is 0.105. The van der Waals surface area contributed by atoms with Gasteiger partial charge in [0.25, 0.3) is 5.91 Å². The lowest BCUT2D eigenvalue weighted by atomic mass is 10.1. The average molecular weight is 386 g/mol. The summed E-state index contributed by atoms with van der Waals surface area (Å²) in [6.45, 7) is 1.72. The van der Waals surface area contributed by atoms with E-state index in [9.17, 15) is 18.3 Å². The van der Waals surface area contributed by atoms with Crippen molar-refractivity contribution in [2.45, 2.75) is 18.4 Å². The number of phenols is 1. The zero-order valence-corrected chi connectivity index (χ0v) is 15.3. The topological polar surface area (TPSA) is 109 Å². The highest BCUT2D eigenvalue weighted by Crippen LogP contribution is 2.20. The number of furan rings is 1. The van der Waals surface area contributed by atoms with Crippen LogP contribution in [0.15, 0.2) is 70.2 Å². The molecule has 0 aliphatic carbocycles. The summed E-state index contributed by atoms with van der Waals surface area (Å²) in [6.07, 6.45) is 1.46. The minimum absolute atomic E-state index is 0.00797. The number of benzene rings is 2. The predicted octanol–water partition coefficient (Wildman–Crippen LogP) is 3.02. The highest BCUT2D eigenvalue weighted by molar-refractivity contribution is 7.89. The smallest absolute Gasteiger partial charge is 0.255 e. The van der Waals surface area contributed by atoms with Crippen molar-refractivity contribution in [3.63, 3.8) is 0 Å². The fourth-order valence-corrected chi connectivity index (χ4v) is 3.48. The molecule has 3 N–H and O–H groups in total. The van der Waals surface area contributed by atoms with Crippen LogP contribution in [0.3, 0.4) is 0 Å². The monoisotopic (exact) mass is 386 g/mol. The van der Waals surface area contributed by atoms with Gasteiger partial charge in [0, 0.05) is 17.3 Å². The lowest BCUT2D eigenvalue weighted by Crippen LogP contribution is -2.24. The number of aryl methyl sites for hydroxylation is 1. The molecule has 0 fully saturated rings. The Hall–Kier alpha value is -3.10. The number of carbonyl (C=O) groups is 1. The van der Waals surface area contributed by atoms with Crippen LogP contribution in [-0.4, -0.2) is 19.4 Å². The van der Waals surface area contributed by atoms with Gasteiger partial charge in [-0.05, 0) is 48.9 Å². The van der Waals surface area contributed by atoms with E-state index in [2.05, 4.69) is 10.0 Å². The number of carbonyl (C=O) groups excluding carboxylic acids is 1. The van der Waals surface area contributed by atoms with E-state index in [1.54, 1.807) is 37.3 Å². The Morgan fingerprint density at radius 3 is 2.63 bits per heavy atom. The van der Waals surface area contributed by atoms with E-state index in [4.69, 9.17) is 4.42 Å². The van der Waals surface area contributed by atoms with Crippen LogP contribution < -0.4 is 10.0 Å². The van der Waals surface area contributed by atoms with E-state index < -0.39 is 15.9 Å². The zero-order valence-electron chi connectivity index (χ0n) is 14.5. The van der Waals surface area contributed by atoms with Crippen molar-refractivity contribution in [2.24, 2.45) is 0 Å². The summed E-state index contributed by atoms with van der Waals surface area (Å²) in [5, 5.41) is 12.1. The number of sulfonamides is 1. The molecule has 27 heavy (non-hydrogen) atoms. The van der Waals surface area contributed by atoms with Crippen molar-refractivity contribution in [3.8, 4) is 5.75 Å². The third kappa shape index (κ3) is 4.55. The van der Waals surface area contributed by atoms with Gasteiger partial charge in [-0.1, -0.05) is 12.1 Å². The van der Waals surface area contributed by atoms with E-state index in [-0.39, 0.29) is 22.8 Å². The second kappa shape index (κ2) is 7.65. The van der Waals surface area contributed by atoms with Gasteiger partial charge in [0.2, 0.25) is 10.0 Å². The van der Waals surface area contributed by atoms with Crippen LogP contribution in [0.2, 0.25) is 0 Å². The largest absolute Gasteiger partial charge is 0.508 e. The summed E-state index contributed by atoms with van der Waals surface area (Å²) in [5.74, 6) is 0.0247.